The van der Waals surface area contributed by atoms with E-state index < -0.39 is 17.5 Å². The molecule has 2 rings (SSSR count). The number of carboxylic acid groups (broad SMARTS) is 1. The molecule has 1 aromatic carbocycles. The van der Waals surface area contributed by atoms with Crippen LogP contribution in [0.2, 0.25) is 0 Å². The molecule has 0 bridgehead atoms. The standard InChI is InChI=1S/C16H18O4/c1-9-8-14(17)10(2)11(3)16(9,20)13-7-5-4-6-12(13)15(18)19/h4-8,11,17,20H,1-3H3,(H,18,19). The monoisotopic (exact) mass is 274 g/mol. The molecule has 1 aliphatic carbocycles. The quantitative estimate of drug-likeness (QED) is 0.774. The molecule has 0 saturated carbocycles. The molecule has 4 heteroatoms. The molecule has 20 heavy (non-hydrogen) atoms. The average molecular weight is 274 g/mol. The Kier molecular flexibility index (Phi) is 3.44. The highest BCUT2D eigenvalue weighted by molar-refractivity contribution is 5.90. The van der Waals surface area contributed by atoms with E-state index in [1.165, 1.54) is 12.1 Å². The molecule has 4 nitrogen and oxygen atoms in total. The van der Waals surface area contributed by atoms with Crippen molar-refractivity contribution in [2.75, 3.05) is 0 Å². The molecular weight excluding hydrogens is 256 g/mol. The molecule has 0 saturated heterocycles. The zero-order valence-electron chi connectivity index (χ0n) is 11.7. The number of aliphatic hydroxyl groups excluding tert-OH is 1. The van der Waals surface area contributed by atoms with Crippen molar-refractivity contribution < 1.29 is 20.1 Å². The normalized spacial score (nSPS) is 26.4. The number of rotatable bonds is 2. The summed E-state index contributed by atoms with van der Waals surface area (Å²) in [6, 6.07) is 6.42. The van der Waals surface area contributed by atoms with Gasteiger partial charge in [-0.3, -0.25) is 0 Å². The van der Waals surface area contributed by atoms with Crippen molar-refractivity contribution in [3.63, 3.8) is 0 Å². The maximum atomic E-state index is 11.4. The molecule has 1 aromatic rings. The SMILES string of the molecule is CC1=CC(O)=C(C)C(C)C1(O)c1ccccc1C(=O)O. The van der Waals surface area contributed by atoms with Gasteiger partial charge in [0.1, 0.15) is 11.4 Å². The fourth-order valence-electron chi connectivity index (χ4n) is 2.75. The van der Waals surface area contributed by atoms with Gasteiger partial charge in [-0.15, -0.1) is 0 Å². The van der Waals surface area contributed by atoms with Crippen molar-refractivity contribution in [1.29, 1.82) is 0 Å². The molecule has 106 valence electrons. The molecule has 2 atom stereocenters. The highest BCUT2D eigenvalue weighted by atomic mass is 16.4. The molecule has 0 aromatic heterocycles. The molecule has 0 radical (unpaired) electrons. The summed E-state index contributed by atoms with van der Waals surface area (Å²) in [6.07, 6.45) is 1.49. The van der Waals surface area contributed by atoms with Crippen LogP contribution in [-0.4, -0.2) is 21.3 Å². The third-order valence-corrected chi connectivity index (χ3v) is 4.20. The number of aromatic carboxylic acids is 1. The van der Waals surface area contributed by atoms with Gasteiger partial charge in [-0.25, -0.2) is 4.79 Å². The number of hydrogen-bond donors (Lipinski definition) is 3. The minimum Gasteiger partial charge on any atom is -0.508 e. The van der Waals surface area contributed by atoms with Gasteiger partial charge < -0.3 is 15.3 Å². The van der Waals surface area contributed by atoms with Gasteiger partial charge in [0.2, 0.25) is 0 Å². The van der Waals surface area contributed by atoms with E-state index in [0.29, 0.717) is 16.7 Å². The fourth-order valence-corrected chi connectivity index (χ4v) is 2.75. The van der Waals surface area contributed by atoms with Crippen LogP contribution in [0.5, 0.6) is 0 Å². The van der Waals surface area contributed by atoms with Gasteiger partial charge in [0.25, 0.3) is 0 Å². The van der Waals surface area contributed by atoms with Crippen LogP contribution in [0.4, 0.5) is 0 Å². The van der Waals surface area contributed by atoms with E-state index in [4.69, 9.17) is 0 Å². The lowest BCUT2D eigenvalue weighted by Crippen LogP contribution is -2.39. The highest BCUT2D eigenvalue weighted by Crippen LogP contribution is 2.45. The maximum Gasteiger partial charge on any atom is 0.336 e. The van der Waals surface area contributed by atoms with Crippen molar-refractivity contribution in [2.24, 2.45) is 5.92 Å². The minimum absolute atomic E-state index is 0.0730. The zero-order chi connectivity index (χ0) is 15.1. The third kappa shape index (κ3) is 1.93. The molecule has 0 amide bonds. The number of hydrogen-bond acceptors (Lipinski definition) is 3. The Morgan fingerprint density at radius 2 is 1.85 bits per heavy atom. The van der Waals surface area contributed by atoms with Gasteiger partial charge in [-0.2, -0.15) is 0 Å². The molecule has 0 heterocycles. The molecule has 3 N–H and O–H groups in total. The van der Waals surface area contributed by atoms with E-state index in [0.717, 1.165) is 0 Å². The summed E-state index contributed by atoms with van der Waals surface area (Å²) >= 11 is 0. The topological polar surface area (TPSA) is 77.8 Å². The molecular formula is C16H18O4. The number of allylic oxidation sites excluding steroid dienone is 1. The number of carbonyl (C=O) groups is 1. The van der Waals surface area contributed by atoms with Crippen LogP contribution in [0.25, 0.3) is 0 Å². The second kappa shape index (κ2) is 4.80. The fraction of sp³-hybridized carbons (Fsp3) is 0.312. The first-order chi connectivity index (χ1) is 9.30. The summed E-state index contributed by atoms with van der Waals surface area (Å²) < 4.78 is 0. The van der Waals surface area contributed by atoms with Crippen LogP contribution in [0.15, 0.2) is 47.2 Å². The Bertz CT molecular complexity index is 627. The summed E-state index contributed by atoms with van der Waals surface area (Å²) in [5, 5.41) is 30.3. The Hall–Kier alpha value is -2.07. The molecule has 2 unspecified atom stereocenters. The summed E-state index contributed by atoms with van der Waals surface area (Å²) in [5.74, 6) is -1.36. The van der Waals surface area contributed by atoms with E-state index >= 15 is 0 Å². The largest absolute Gasteiger partial charge is 0.508 e. The Balaban J connectivity index is 2.69. The summed E-state index contributed by atoms with van der Waals surface area (Å²) in [6.45, 7) is 5.20. The van der Waals surface area contributed by atoms with E-state index in [1.54, 1.807) is 39.0 Å². The van der Waals surface area contributed by atoms with Crippen LogP contribution < -0.4 is 0 Å². The van der Waals surface area contributed by atoms with Crippen molar-refractivity contribution in [3.8, 4) is 0 Å². The first kappa shape index (κ1) is 14.3. The zero-order valence-corrected chi connectivity index (χ0v) is 11.7. The first-order valence-electron chi connectivity index (χ1n) is 6.43. The summed E-state index contributed by atoms with van der Waals surface area (Å²) in [5.41, 5.74) is 0.162. The van der Waals surface area contributed by atoms with Gasteiger partial charge in [0.15, 0.2) is 0 Å². The predicted molar refractivity (Wildman–Crippen MR) is 75.5 cm³/mol. The van der Waals surface area contributed by atoms with E-state index in [1.807, 2.05) is 0 Å². The van der Waals surface area contributed by atoms with Gasteiger partial charge in [0.05, 0.1) is 5.56 Å². The van der Waals surface area contributed by atoms with Crippen LogP contribution >= 0.6 is 0 Å². The van der Waals surface area contributed by atoms with Crippen molar-refractivity contribution in [1.82, 2.24) is 0 Å². The Morgan fingerprint density at radius 3 is 2.45 bits per heavy atom. The second-order valence-electron chi connectivity index (χ2n) is 5.23. The lowest BCUT2D eigenvalue weighted by atomic mass is 9.70. The second-order valence-corrected chi connectivity index (χ2v) is 5.23. The molecule has 0 fully saturated rings. The number of carboxylic acids is 1. The van der Waals surface area contributed by atoms with E-state index in [-0.39, 0.29) is 11.3 Å². The maximum absolute atomic E-state index is 11.4. The number of aliphatic hydroxyl groups is 2. The van der Waals surface area contributed by atoms with Crippen LogP contribution in [0, 0.1) is 5.92 Å². The van der Waals surface area contributed by atoms with Crippen LogP contribution in [-0.2, 0) is 5.60 Å². The Morgan fingerprint density at radius 1 is 1.25 bits per heavy atom. The lowest BCUT2D eigenvalue weighted by Gasteiger charge is -2.39. The average Bonchev–Trinajstić information content (AvgIpc) is 2.43. The van der Waals surface area contributed by atoms with Crippen LogP contribution in [0.3, 0.4) is 0 Å². The number of benzene rings is 1. The van der Waals surface area contributed by atoms with Crippen molar-refractivity contribution in [3.05, 3.63) is 58.4 Å². The van der Waals surface area contributed by atoms with Gasteiger partial charge >= 0.3 is 5.97 Å². The first-order valence-corrected chi connectivity index (χ1v) is 6.43. The van der Waals surface area contributed by atoms with Gasteiger partial charge in [-0.05, 0) is 37.1 Å². The van der Waals surface area contributed by atoms with Crippen LogP contribution in [0.1, 0.15) is 36.7 Å². The molecule has 0 spiro atoms. The Labute approximate surface area is 117 Å². The van der Waals surface area contributed by atoms with Crippen molar-refractivity contribution >= 4 is 5.97 Å². The van der Waals surface area contributed by atoms with Crippen molar-refractivity contribution in [2.45, 2.75) is 26.4 Å². The summed E-state index contributed by atoms with van der Waals surface area (Å²) in [7, 11) is 0. The highest BCUT2D eigenvalue weighted by Gasteiger charge is 2.43. The third-order valence-electron chi connectivity index (χ3n) is 4.20. The van der Waals surface area contributed by atoms with Gasteiger partial charge in [-0.1, -0.05) is 25.1 Å². The predicted octanol–water partition coefficient (Wildman–Crippen LogP) is 3.00. The lowest BCUT2D eigenvalue weighted by molar-refractivity contribution is 0.0274. The van der Waals surface area contributed by atoms with E-state index in [2.05, 4.69) is 0 Å². The molecule has 0 aliphatic heterocycles. The smallest absolute Gasteiger partial charge is 0.336 e. The van der Waals surface area contributed by atoms with Gasteiger partial charge in [0, 0.05) is 11.5 Å². The summed E-state index contributed by atoms with van der Waals surface area (Å²) in [4.78, 5) is 11.4. The minimum atomic E-state index is -1.43. The van der Waals surface area contributed by atoms with E-state index in [9.17, 15) is 20.1 Å². The molecule has 1 aliphatic rings.